The Labute approximate surface area is 149 Å². The van der Waals surface area contributed by atoms with Crippen LogP contribution in [0.3, 0.4) is 0 Å². The lowest BCUT2D eigenvalue weighted by Gasteiger charge is -2.38. The molecule has 1 fully saturated rings. The van der Waals surface area contributed by atoms with E-state index in [-0.39, 0.29) is 35.9 Å². The minimum atomic E-state index is -4.44. The van der Waals surface area contributed by atoms with E-state index >= 15 is 0 Å². The first kappa shape index (κ1) is 18.3. The number of hydrogen-bond donors (Lipinski definition) is 0. The lowest BCUT2D eigenvalue weighted by Crippen LogP contribution is -2.48. The molecule has 2 atom stereocenters. The number of alkyl halides is 3. The largest absolute Gasteiger partial charge is 0.416 e. The number of rotatable bonds is 3. The lowest BCUT2D eigenvalue weighted by atomic mass is 9.97. The van der Waals surface area contributed by atoms with Crippen LogP contribution in [0, 0.1) is 0 Å². The van der Waals surface area contributed by atoms with E-state index in [4.69, 9.17) is 0 Å². The molecule has 0 radical (unpaired) electrons. The summed E-state index contributed by atoms with van der Waals surface area (Å²) >= 11 is 0. The number of hydrogen-bond acceptors (Lipinski definition) is 4. The molecule has 0 bridgehead atoms. The average Bonchev–Trinajstić information content (AvgIpc) is 3.02. The monoisotopic (exact) mass is 367 g/mol. The van der Waals surface area contributed by atoms with Gasteiger partial charge in [0.15, 0.2) is 0 Å². The van der Waals surface area contributed by atoms with Crippen molar-refractivity contribution >= 4 is 5.91 Å². The lowest BCUT2D eigenvalue weighted by molar-refractivity contribution is -0.138. The summed E-state index contributed by atoms with van der Waals surface area (Å²) in [6, 6.07) is 5.03. The van der Waals surface area contributed by atoms with Crippen LogP contribution in [0.25, 0.3) is 11.4 Å². The van der Waals surface area contributed by atoms with Crippen LogP contribution in [0.2, 0.25) is 0 Å². The third-order valence-corrected chi connectivity index (χ3v) is 4.66. The zero-order chi connectivity index (χ0) is 18.9. The molecule has 3 rings (SSSR count). The maximum atomic E-state index is 12.8. The second kappa shape index (κ2) is 7.05. The molecule has 1 aromatic heterocycles. The summed E-state index contributed by atoms with van der Waals surface area (Å²) < 4.78 is 38.5. The molecule has 1 aromatic carbocycles. The Balaban J connectivity index is 1.75. The molecular weight excluding hydrogens is 347 g/mol. The molecule has 0 aliphatic carbocycles. The van der Waals surface area contributed by atoms with E-state index in [1.807, 2.05) is 18.7 Å². The smallest absolute Gasteiger partial charge is 0.336 e. The minimum absolute atomic E-state index is 0.0589. The van der Waals surface area contributed by atoms with Gasteiger partial charge in [-0.05, 0) is 50.5 Å². The van der Waals surface area contributed by atoms with Gasteiger partial charge in [0.2, 0.25) is 11.7 Å². The summed E-state index contributed by atoms with van der Waals surface area (Å²) in [7, 11) is 0. The molecule has 1 aliphatic rings. The van der Waals surface area contributed by atoms with Crippen LogP contribution in [-0.2, 0) is 17.5 Å². The second-order valence-electron chi connectivity index (χ2n) is 6.65. The highest BCUT2D eigenvalue weighted by Crippen LogP contribution is 2.31. The van der Waals surface area contributed by atoms with E-state index in [2.05, 4.69) is 15.4 Å². The third kappa shape index (κ3) is 3.86. The van der Waals surface area contributed by atoms with Gasteiger partial charge in [-0.2, -0.15) is 18.0 Å². The van der Waals surface area contributed by atoms with Gasteiger partial charge >= 0.3 is 6.18 Å². The summed E-state index contributed by atoms with van der Waals surface area (Å²) in [5.41, 5.74) is -0.573. The molecule has 2 aromatic rings. The molecule has 140 valence electrons. The van der Waals surface area contributed by atoms with Crippen molar-refractivity contribution in [3.8, 4) is 11.4 Å². The predicted octanol–water partition coefficient (Wildman–Crippen LogP) is 3.15. The molecule has 9 heteroatoms. The van der Waals surface area contributed by atoms with Gasteiger partial charge in [0.05, 0.1) is 5.56 Å². The third-order valence-electron chi connectivity index (χ3n) is 4.66. The summed E-state index contributed by atoms with van der Waals surface area (Å²) in [6.45, 7) is 3.94. The van der Waals surface area contributed by atoms with Gasteiger partial charge in [-0.15, -0.1) is 10.2 Å². The number of nitrogens with zero attached hydrogens (tertiary/aromatic N) is 5. The zero-order valence-electron chi connectivity index (χ0n) is 14.6. The Morgan fingerprint density at radius 3 is 2.58 bits per heavy atom. The Morgan fingerprint density at radius 2 is 1.92 bits per heavy atom. The van der Waals surface area contributed by atoms with E-state index in [1.165, 1.54) is 12.1 Å². The van der Waals surface area contributed by atoms with Crippen molar-refractivity contribution < 1.29 is 18.0 Å². The van der Waals surface area contributed by atoms with Gasteiger partial charge < -0.3 is 4.90 Å². The number of carbonyl (C=O) groups is 1. The molecule has 6 nitrogen and oxygen atoms in total. The van der Waals surface area contributed by atoms with Crippen molar-refractivity contribution in [3.63, 3.8) is 0 Å². The van der Waals surface area contributed by atoms with E-state index in [0.29, 0.717) is 0 Å². The van der Waals surface area contributed by atoms with Crippen LogP contribution in [0.15, 0.2) is 24.3 Å². The fraction of sp³-hybridized carbons (Fsp3) is 0.529. The second-order valence-corrected chi connectivity index (χ2v) is 6.65. The number of amides is 1. The maximum Gasteiger partial charge on any atom is 0.416 e. The standard InChI is InChI=1S/C17H20F3N5O/c1-11-5-3-6-12(2)25(11)15(26)10-24-22-16(21-23-24)13-7-4-8-14(9-13)17(18,19)20/h4,7-9,11-12H,3,5-6,10H2,1-2H3/t11-,12-/m0/s1. The van der Waals surface area contributed by atoms with Crippen LogP contribution < -0.4 is 0 Å². The summed E-state index contributed by atoms with van der Waals surface area (Å²) in [4.78, 5) is 15.5. The highest BCUT2D eigenvalue weighted by atomic mass is 19.4. The summed E-state index contributed by atoms with van der Waals surface area (Å²) in [6.07, 6.45) is -1.44. The number of halogens is 3. The van der Waals surface area contributed by atoms with Crippen LogP contribution in [0.1, 0.15) is 38.7 Å². The molecule has 0 unspecified atom stereocenters. The first-order valence-electron chi connectivity index (χ1n) is 8.52. The van der Waals surface area contributed by atoms with Gasteiger partial charge in [0, 0.05) is 17.6 Å². The molecular formula is C17H20F3N5O. The van der Waals surface area contributed by atoms with Gasteiger partial charge in [0.25, 0.3) is 0 Å². The molecule has 0 spiro atoms. The van der Waals surface area contributed by atoms with Gasteiger partial charge in [0.1, 0.15) is 6.54 Å². The normalized spacial score (nSPS) is 21.0. The first-order chi connectivity index (χ1) is 12.3. The fourth-order valence-corrected chi connectivity index (χ4v) is 3.38. The molecule has 1 aliphatic heterocycles. The van der Waals surface area contributed by atoms with Crippen molar-refractivity contribution in [1.82, 2.24) is 25.1 Å². The highest BCUT2D eigenvalue weighted by Gasteiger charge is 2.31. The quantitative estimate of drug-likeness (QED) is 0.836. The van der Waals surface area contributed by atoms with Crippen molar-refractivity contribution in [3.05, 3.63) is 29.8 Å². The zero-order valence-corrected chi connectivity index (χ0v) is 14.6. The summed E-state index contributed by atoms with van der Waals surface area (Å²) in [5, 5.41) is 11.7. The van der Waals surface area contributed by atoms with Gasteiger partial charge in [-0.1, -0.05) is 12.1 Å². The van der Waals surface area contributed by atoms with Crippen molar-refractivity contribution in [1.29, 1.82) is 0 Å². The Morgan fingerprint density at radius 1 is 1.23 bits per heavy atom. The predicted molar refractivity (Wildman–Crippen MR) is 87.9 cm³/mol. The Bertz CT molecular complexity index is 779. The van der Waals surface area contributed by atoms with Crippen molar-refractivity contribution in [2.24, 2.45) is 0 Å². The van der Waals surface area contributed by atoms with Crippen molar-refractivity contribution in [2.75, 3.05) is 0 Å². The Kier molecular flexibility index (Phi) is 4.97. The number of likely N-dealkylation sites (tertiary alicyclic amines) is 1. The van der Waals surface area contributed by atoms with E-state index in [1.54, 1.807) is 0 Å². The SMILES string of the molecule is C[C@H]1CCC[C@H](C)N1C(=O)Cn1nnc(-c2cccc(C(F)(F)F)c2)n1. The van der Waals surface area contributed by atoms with Crippen LogP contribution in [-0.4, -0.2) is 43.1 Å². The number of aromatic nitrogens is 4. The van der Waals surface area contributed by atoms with Gasteiger partial charge in [-0.3, -0.25) is 4.79 Å². The van der Waals surface area contributed by atoms with Crippen LogP contribution in [0.5, 0.6) is 0 Å². The molecule has 1 amide bonds. The Hall–Kier alpha value is -2.45. The highest BCUT2D eigenvalue weighted by molar-refractivity contribution is 5.76. The number of tetrazole rings is 1. The van der Waals surface area contributed by atoms with E-state index < -0.39 is 11.7 Å². The van der Waals surface area contributed by atoms with Gasteiger partial charge in [-0.25, -0.2) is 0 Å². The minimum Gasteiger partial charge on any atom is -0.336 e. The number of carbonyl (C=O) groups excluding carboxylic acids is 1. The number of piperidine rings is 1. The molecule has 1 saturated heterocycles. The maximum absolute atomic E-state index is 12.8. The average molecular weight is 367 g/mol. The molecule has 26 heavy (non-hydrogen) atoms. The van der Waals surface area contributed by atoms with Crippen LogP contribution >= 0.6 is 0 Å². The van der Waals surface area contributed by atoms with Crippen LogP contribution in [0.4, 0.5) is 13.2 Å². The van der Waals surface area contributed by atoms with E-state index in [0.717, 1.165) is 36.2 Å². The van der Waals surface area contributed by atoms with Crippen molar-refractivity contribution in [2.45, 2.75) is 57.9 Å². The molecule has 2 heterocycles. The first-order valence-corrected chi connectivity index (χ1v) is 8.52. The molecule has 0 N–H and O–H groups in total. The number of benzene rings is 1. The topological polar surface area (TPSA) is 63.9 Å². The summed E-state index contributed by atoms with van der Waals surface area (Å²) in [5.74, 6) is -0.0543. The van der Waals surface area contributed by atoms with E-state index in [9.17, 15) is 18.0 Å². The fourth-order valence-electron chi connectivity index (χ4n) is 3.38. The molecule has 0 saturated carbocycles.